The van der Waals surface area contributed by atoms with Gasteiger partial charge in [-0.05, 0) is 37.8 Å². The first-order valence-corrected chi connectivity index (χ1v) is 6.22. The zero-order chi connectivity index (χ0) is 13.1. The molecule has 1 aromatic rings. The van der Waals surface area contributed by atoms with Gasteiger partial charge in [-0.2, -0.15) is 0 Å². The van der Waals surface area contributed by atoms with Crippen molar-refractivity contribution in [1.29, 1.82) is 0 Å². The fraction of sp³-hybridized carbons (Fsp3) is 0.500. The second kappa shape index (κ2) is 5.40. The van der Waals surface area contributed by atoms with Crippen molar-refractivity contribution in [3.05, 3.63) is 29.3 Å². The minimum absolute atomic E-state index is 0.224. The Hall–Kier alpha value is -1.55. The number of aliphatic carboxylic acids is 1. The van der Waals surface area contributed by atoms with Crippen LogP contribution in [0, 0.1) is 6.92 Å². The summed E-state index contributed by atoms with van der Waals surface area (Å²) in [6.07, 6.45) is 2.41. The Morgan fingerprint density at radius 1 is 1.50 bits per heavy atom. The zero-order valence-electron chi connectivity index (χ0n) is 10.8. The first kappa shape index (κ1) is 12.9. The van der Waals surface area contributed by atoms with E-state index in [2.05, 4.69) is 11.4 Å². The Kier molecular flexibility index (Phi) is 3.87. The molecule has 0 spiro atoms. The Bertz CT molecular complexity index is 445. The standard InChI is InChI=1S/C14H19NO3/c1-9-3-6-13(18-2)10(7-9)8-11-4-5-12(15-11)14(16)17/h3,6-7,11-12,15H,4-5,8H2,1-2H3,(H,16,17). The summed E-state index contributed by atoms with van der Waals surface area (Å²) in [5, 5.41) is 12.1. The van der Waals surface area contributed by atoms with Crippen LogP contribution in [0.15, 0.2) is 18.2 Å². The Balaban J connectivity index is 2.06. The van der Waals surface area contributed by atoms with Gasteiger partial charge < -0.3 is 15.2 Å². The van der Waals surface area contributed by atoms with E-state index < -0.39 is 12.0 Å². The number of hydrogen-bond acceptors (Lipinski definition) is 3. The quantitative estimate of drug-likeness (QED) is 0.853. The van der Waals surface area contributed by atoms with E-state index >= 15 is 0 Å². The molecule has 2 rings (SSSR count). The number of hydrogen-bond donors (Lipinski definition) is 2. The van der Waals surface area contributed by atoms with Gasteiger partial charge in [-0.3, -0.25) is 4.79 Å². The maximum atomic E-state index is 10.9. The van der Waals surface area contributed by atoms with Gasteiger partial charge in [0.15, 0.2) is 0 Å². The summed E-state index contributed by atoms with van der Waals surface area (Å²) < 4.78 is 5.34. The van der Waals surface area contributed by atoms with Gasteiger partial charge in [0.05, 0.1) is 7.11 Å². The Morgan fingerprint density at radius 3 is 2.89 bits per heavy atom. The van der Waals surface area contributed by atoms with Crippen LogP contribution in [0.25, 0.3) is 0 Å². The maximum absolute atomic E-state index is 10.9. The lowest BCUT2D eigenvalue weighted by atomic mass is 10.0. The van der Waals surface area contributed by atoms with Crippen LogP contribution >= 0.6 is 0 Å². The van der Waals surface area contributed by atoms with Gasteiger partial charge >= 0.3 is 5.97 Å². The van der Waals surface area contributed by atoms with Crippen molar-refractivity contribution in [2.75, 3.05) is 7.11 Å². The molecule has 2 N–H and O–H groups in total. The van der Waals surface area contributed by atoms with E-state index in [9.17, 15) is 4.79 Å². The molecule has 0 radical (unpaired) electrons. The number of ether oxygens (including phenoxy) is 1. The minimum Gasteiger partial charge on any atom is -0.496 e. The van der Waals surface area contributed by atoms with Gasteiger partial charge in [-0.25, -0.2) is 0 Å². The van der Waals surface area contributed by atoms with E-state index in [1.54, 1.807) is 7.11 Å². The maximum Gasteiger partial charge on any atom is 0.320 e. The second-order valence-corrected chi connectivity index (χ2v) is 4.85. The summed E-state index contributed by atoms with van der Waals surface area (Å²) >= 11 is 0. The molecule has 0 saturated carbocycles. The van der Waals surface area contributed by atoms with Crippen LogP contribution in [-0.4, -0.2) is 30.3 Å². The number of carboxylic acids is 1. The monoisotopic (exact) mass is 249 g/mol. The van der Waals surface area contributed by atoms with Crippen LogP contribution in [0.3, 0.4) is 0 Å². The lowest BCUT2D eigenvalue weighted by Crippen LogP contribution is -2.36. The molecule has 1 saturated heterocycles. The first-order chi connectivity index (χ1) is 8.60. The van der Waals surface area contributed by atoms with E-state index in [4.69, 9.17) is 9.84 Å². The molecular weight excluding hydrogens is 230 g/mol. The minimum atomic E-state index is -0.756. The molecule has 0 aromatic heterocycles. The number of nitrogens with one attached hydrogen (secondary N) is 1. The van der Waals surface area contributed by atoms with Crippen molar-refractivity contribution in [2.24, 2.45) is 0 Å². The molecule has 1 heterocycles. The molecule has 2 atom stereocenters. The molecule has 0 amide bonds. The third-order valence-corrected chi connectivity index (χ3v) is 3.44. The summed E-state index contributed by atoms with van der Waals surface area (Å²) in [5.74, 6) is 0.120. The van der Waals surface area contributed by atoms with Gasteiger partial charge in [0.2, 0.25) is 0 Å². The molecule has 2 unspecified atom stereocenters. The first-order valence-electron chi connectivity index (χ1n) is 6.22. The molecule has 0 aliphatic carbocycles. The van der Waals surface area contributed by atoms with Gasteiger partial charge in [-0.15, -0.1) is 0 Å². The molecule has 18 heavy (non-hydrogen) atoms. The highest BCUT2D eigenvalue weighted by Crippen LogP contribution is 2.24. The van der Waals surface area contributed by atoms with E-state index in [-0.39, 0.29) is 6.04 Å². The van der Waals surface area contributed by atoms with E-state index in [0.717, 1.165) is 24.2 Å². The van der Waals surface area contributed by atoms with Crippen molar-refractivity contribution in [2.45, 2.75) is 38.3 Å². The molecule has 0 bridgehead atoms. The van der Waals surface area contributed by atoms with Crippen LogP contribution < -0.4 is 10.1 Å². The predicted molar refractivity (Wildman–Crippen MR) is 69.0 cm³/mol. The number of benzene rings is 1. The summed E-state index contributed by atoms with van der Waals surface area (Å²) in [7, 11) is 1.66. The highest BCUT2D eigenvalue weighted by molar-refractivity contribution is 5.73. The lowest BCUT2D eigenvalue weighted by molar-refractivity contribution is -0.139. The summed E-state index contributed by atoms with van der Waals surface area (Å²) in [6, 6.07) is 5.92. The fourth-order valence-electron chi connectivity index (χ4n) is 2.51. The Labute approximate surface area is 107 Å². The third-order valence-electron chi connectivity index (χ3n) is 3.44. The molecular formula is C14H19NO3. The fourth-order valence-corrected chi connectivity index (χ4v) is 2.51. The average molecular weight is 249 g/mol. The SMILES string of the molecule is COc1ccc(C)cc1CC1CCC(C(=O)O)N1. The predicted octanol–water partition coefficient (Wildman–Crippen LogP) is 1.75. The van der Waals surface area contributed by atoms with Gasteiger partial charge in [-0.1, -0.05) is 17.7 Å². The van der Waals surface area contributed by atoms with Crippen molar-refractivity contribution in [3.63, 3.8) is 0 Å². The van der Waals surface area contributed by atoms with Crippen LogP contribution in [-0.2, 0) is 11.2 Å². The highest BCUT2D eigenvalue weighted by atomic mass is 16.5. The highest BCUT2D eigenvalue weighted by Gasteiger charge is 2.29. The largest absolute Gasteiger partial charge is 0.496 e. The lowest BCUT2D eigenvalue weighted by Gasteiger charge is -2.15. The van der Waals surface area contributed by atoms with E-state index in [1.165, 1.54) is 5.56 Å². The topological polar surface area (TPSA) is 58.6 Å². The average Bonchev–Trinajstić information content (AvgIpc) is 2.78. The van der Waals surface area contributed by atoms with Crippen molar-refractivity contribution >= 4 is 5.97 Å². The summed E-state index contributed by atoms with van der Waals surface area (Å²) in [4.78, 5) is 10.9. The van der Waals surface area contributed by atoms with Crippen LogP contribution in [0.4, 0.5) is 0 Å². The van der Waals surface area contributed by atoms with Crippen LogP contribution in [0.2, 0.25) is 0 Å². The molecule has 4 nitrogen and oxygen atoms in total. The molecule has 1 aromatic carbocycles. The van der Waals surface area contributed by atoms with Gasteiger partial charge in [0.25, 0.3) is 0 Å². The number of carbonyl (C=O) groups is 1. The summed E-state index contributed by atoms with van der Waals surface area (Å²) in [6.45, 7) is 2.05. The smallest absolute Gasteiger partial charge is 0.320 e. The van der Waals surface area contributed by atoms with Gasteiger partial charge in [0.1, 0.15) is 11.8 Å². The Morgan fingerprint density at radius 2 is 2.28 bits per heavy atom. The molecule has 1 aliphatic rings. The number of methoxy groups -OCH3 is 1. The van der Waals surface area contributed by atoms with Crippen LogP contribution in [0.1, 0.15) is 24.0 Å². The van der Waals surface area contributed by atoms with Crippen molar-refractivity contribution in [3.8, 4) is 5.75 Å². The van der Waals surface area contributed by atoms with Gasteiger partial charge in [0, 0.05) is 6.04 Å². The van der Waals surface area contributed by atoms with E-state index in [0.29, 0.717) is 6.42 Å². The van der Waals surface area contributed by atoms with Crippen molar-refractivity contribution in [1.82, 2.24) is 5.32 Å². The second-order valence-electron chi connectivity index (χ2n) is 4.85. The third kappa shape index (κ3) is 2.82. The normalized spacial score (nSPS) is 23.0. The number of rotatable bonds is 4. The molecule has 98 valence electrons. The summed E-state index contributed by atoms with van der Waals surface area (Å²) in [5.41, 5.74) is 2.33. The molecule has 1 aliphatic heterocycles. The zero-order valence-corrected chi connectivity index (χ0v) is 10.8. The number of carboxylic acid groups (broad SMARTS) is 1. The molecule has 1 fully saturated rings. The van der Waals surface area contributed by atoms with Crippen molar-refractivity contribution < 1.29 is 14.6 Å². The number of aryl methyl sites for hydroxylation is 1. The van der Waals surface area contributed by atoms with E-state index in [1.807, 2.05) is 19.1 Å². The molecule has 4 heteroatoms. The van der Waals surface area contributed by atoms with Crippen LogP contribution in [0.5, 0.6) is 5.75 Å².